The summed E-state index contributed by atoms with van der Waals surface area (Å²) in [6, 6.07) is 19.0. The molecule has 0 atom stereocenters. The number of primary amides is 1. The average Bonchev–Trinajstić information content (AvgIpc) is 3.05. The maximum absolute atomic E-state index is 11.2. The van der Waals surface area contributed by atoms with Gasteiger partial charge in [0.2, 0.25) is 11.9 Å². The van der Waals surface area contributed by atoms with E-state index < -0.39 is 5.91 Å². The number of aryl methyl sites for hydroxylation is 1. The van der Waals surface area contributed by atoms with Crippen molar-refractivity contribution in [1.29, 1.82) is 0 Å². The number of benzene rings is 2. The van der Waals surface area contributed by atoms with Gasteiger partial charge in [0.1, 0.15) is 0 Å². The minimum Gasteiger partial charge on any atom is -0.366 e. The number of fused-ring (bicyclic) bond motifs is 1. The summed E-state index contributed by atoms with van der Waals surface area (Å²) in [5, 5.41) is 7.75. The molecule has 2 heterocycles. The average molecular weight is 343 g/mol. The van der Waals surface area contributed by atoms with E-state index in [0.717, 1.165) is 28.0 Å². The number of amides is 1. The van der Waals surface area contributed by atoms with Crippen molar-refractivity contribution in [2.75, 3.05) is 5.32 Å². The van der Waals surface area contributed by atoms with Crippen molar-refractivity contribution in [2.24, 2.45) is 5.73 Å². The molecule has 0 unspecified atom stereocenters. The topological polar surface area (TPSA) is 85.3 Å². The van der Waals surface area contributed by atoms with Gasteiger partial charge in [-0.2, -0.15) is 4.98 Å². The Bertz CT molecular complexity index is 1100. The fraction of sp³-hybridized carbons (Fsp3) is 0.0500. The van der Waals surface area contributed by atoms with Gasteiger partial charge in [-0.3, -0.25) is 4.79 Å². The predicted molar refractivity (Wildman–Crippen MR) is 101 cm³/mol. The third kappa shape index (κ3) is 3.00. The Labute approximate surface area is 150 Å². The first-order valence-electron chi connectivity index (χ1n) is 8.19. The second-order valence-corrected chi connectivity index (χ2v) is 6.04. The molecule has 128 valence electrons. The molecule has 0 aliphatic rings. The van der Waals surface area contributed by atoms with Gasteiger partial charge < -0.3 is 11.1 Å². The first-order valence-corrected chi connectivity index (χ1v) is 8.19. The van der Waals surface area contributed by atoms with Gasteiger partial charge >= 0.3 is 0 Å². The zero-order valence-electron chi connectivity index (χ0n) is 14.2. The zero-order valence-corrected chi connectivity index (χ0v) is 14.2. The van der Waals surface area contributed by atoms with Crippen LogP contribution in [0, 0.1) is 6.92 Å². The van der Waals surface area contributed by atoms with Crippen LogP contribution in [0.2, 0.25) is 0 Å². The molecule has 4 aromatic rings. The number of anilines is 2. The molecule has 0 bridgehead atoms. The molecular weight excluding hydrogens is 326 g/mol. The third-order valence-electron chi connectivity index (χ3n) is 4.23. The molecule has 6 heteroatoms. The van der Waals surface area contributed by atoms with E-state index in [-0.39, 0.29) is 0 Å². The highest BCUT2D eigenvalue weighted by molar-refractivity contribution is 5.93. The number of nitrogens with one attached hydrogen (secondary N) is 1. The lowest BCUT2D eigenvalue weighted by Gasteiger charge is -2.04. The van der Waals surface area contributed by atoms with Gasteiger partial charge in [0.15, 0.2) is 5.65 Å². The number of hydrogen-bond donors (Lipinski definition) is 2. The highest BCUT2D eigenvalue weighted by atomic mass is 16.1. The largest absolute Gasteiger partial charge is 0.366 e. The van der Waals surface area contributed by atoms with E-state index in [1.54, 1.807) is 16.6 Å². The summed E-state index contributed by atoms with van der Waals surface area (Å²) in [5.74, 6) is 0.107. The number of carbonyl (C=O) groups is 1. The van der Waals surface area contributed by atoms with Crippen molar-refractivity contribution in [3.63, 3.8) is 0 Å². The van der Waals surface area contributed by atoms with Crippen LogP contribution >= 0.6 is 0 Å². The Kier molecular flexibility index (Phi) is 3.85. The molecule has 0 saturated heterocycles. The molecule has 0 aliphatic heterocycles. The van der Waals surface area contributed by atoms with Gasteiger partial charge in [-0.15, -0.1) is 5.10 Å². The molecule has 3 N–H and O–H groups in total. The van der Waals surface area contributed by atoms with Crippen molar-refractivity contribution >= 4 is 23.2 Å². The lowest BCUT2D eigenvalue weighted by molar-refractivity contribution is 0.100. The zero-order chi connectivity index (χ0) is 18.1. The quantitative estimate of drug-likeness (QED) is 0.593. The number of hydrogen-bond acceptors (Lipinski definition) is 4. The lowest BCUT2D eigenvalue weighted by Crippen LogP contribution is -2.10. The summed E-state index contributed by atoms with van der Waals surface area (Å²) < 4.78 is 1.73. The third-order valence-corrected chi connectivity index (χ3v) is 4.23. The molecule has 2 aromatic heterocycles. The highest BCUT2D eigenvalue weighted by Gasteiger charge is 2.07. The van der Waals surface area contributed by atoms with E-state index in [1.807, 2.05) is 61.7 Å². The molecule has 0 spiro atoms. The second-order valence-electron chi connectivity index (χ2n) is 6.04. The minimum atomic E-state index is -0.435. The number of nitrogens with zero attached hydrogens (tertiary/aromatic N) is 3. The fourth-order valence-electron chi connectivity index (χ4n) is 2.77. The molecule has 0 aliphatic carbocycles. The summed E-state index contributed by atoms with van der Waals surface area (Å²) in [5.41, 5.74) is 10.6. The molecule has 2 aromatic carbocycles. The lowest BCUT2D eigenvalue weighted by atomic mass is 10.1. The predicted octanol–water partition coefficient (Wildman–Crippen LogP) is 3.55. The molecule has 26 heavy (non-hydrogen) atoms. The summed E-state index contributed by atoms with van der Waals surface area (Å²) in [4.78, 5) is 15.7. The number of aromatic nitrogens is 3. The van der Waals surface area contributed by atoms with Crippen molar-refractivity contribution in [3.05, 3.63) is 78.0 Å². The van der Waals surface area contributed by atoms with E-state index in [2.05, 4.69) is 15.4 Å². The van der Waals surface area contributed by atoms with Gasteiger partial charge in [-0.1, -0.05) is 30.3 Å². The van der Waals surface area contributed by atoms with Gasteiger partial charge in [-0.25, -0.2) is 4.52 Å². The van der Waals surface area contributed by atoms with E-state index in [1.165, 1.54) is 0 Å². The van der Waals surface area contributed by atoms with Crippen LogP contribution in [0.5, 0.6) is 0 Å². The van der Waals surface area contributed by atoms with Crippen LogP contribution in [0.4, 0.5) is 11.6 Å². The summed E-state index contributed by atoms with van der Waals surface area (Å²) in [7, 11) is 0. The van der Waals surface area contributed by atoms with E-state index in [0.29, 0.717) is 11.5 Å². The van der Waals surface area contributed by atoms with Gasteiger partial charge in [0.25, 0.3) is 0 Å². The van der Waals surface area contributed by atoms with Crippen molar-refractivity contribution in [1.82, 2.24) is 14.6 Å². The molecule has 0 fully saturated rings. The molecule has 1 amide bonds. The maximum Gasteiger partial charge on any atom is 0.248 e. The van der Waals surface area contributed by atoms with Crippen LogP contribution in [-0.2, 0) is 0 Å². The van der Waals surface area contributed by atoms with E-state index >= 15 is 0 Å². The van der Waals surface area contributed by atoms with Crippen LogP contribution in [0.15, 0.2) is 66.9 Å². The van der Waals surface area contributed by atoms with Crippen LogP contribution < -0.4 is 11.1 Å². The Morgan fingerprint density at radius 1 is 1.00 bits per heavy atom. The number of pyridine rings is 1. The summed E-state index contributed by atoms with van der Waals surface area (Å²) >= 11 is 0. The summed E-state index contributed by atoms with van der Waals surface area (Å²) in [6.45, 7) is 2.03. The van der Waals surface area contributed by atoms with E-state index in [9.17, 15) is 4.79 Å². The van der Waals surface area contributed by atoms with Crippen molar-refractivity contribution < 1.29 is 4.79 Å². The molecule has 0 radical (unpaired) electrons. The monoisotopic (exact) mass is 343 g/mol. The smallest absolute Gasteiger partial charge is 0.248 e. The van der Waals surface area contributed by atoms with Gasteiger partial charge in [0, 0.05) is 23.0 Å². The number of para-hydroxylation sites is 1. The van der Waals surface area contributed by atoms with Crippen molar-refractivity contribution in [2.45, 2.75) is 6.92 Å². The second kappa shape index (κ2) is 6.33. The molecule has 4 rings (SSSR count). The first-order chi connectivity index (χ1) is 12.6. The molecule has 6 nitrogen and oxygen atoms in total. The van der Waals surface area contributed by atoms with Crippen LogP contribution in [0.1, 0.15) is 15.9 Å². The Balaban J connectivity index is 1.65. The maximum atomic E-state index is 11.2. The fourth-order valence-corrected chi connectivity index (χ4v) is 2.77. The Morgan fingerprint density at radius 2 is 1.73 bits per heavy atom. The normalized spacial score (nSPS) is 10.8. The first kappa shape index (κ1) is 15.8. The van der Waals surface area contributed by atoms with Crippen molar-refractivity contribution in [3.8, 4) is 11.1 Å². The number of carbonyl (C=O) groups excluding carboxylic acids is 1. The number of nitrogens with two attached hydrogens (primary N) is 1. The van der Waals surface area contributed by atoms with Gasteiger partial charge in [0.05, 0.1) is 0 Å². The minimum absolute atomic E-state index is 0.435. The van der Waals surface area contributed by atoms with Crippen LogP contribution in [0.25, 0.3) is 16.8 Å². The standard InChI is InChI=1S/C20H17N5O/c1-13-4-2-3-5-17(13)22-20-23-18-11-10-16(12-25(18)24-20)14-6-8-15(9-7-14)19(21)26/h2-12H,1H3,(H2,21,26)(H,22,24). The van der Waals surface area contributed by atoms with Gasteiger partial charge in [-0.05, 0) is 48.4 Å². The summed E-state index contributed by atoms with van der Waals surface area (Å²) in [6.07, 6.45) is 1.91. The van der Waals surface area contributed by atoms with Crippen LogP contribution in [-0.4, -0.2) is 20.5 Å². The SMILES string of the molecule is Cc1ccccc1Nc1nc2ccc(-c3ccc(C(N)=O)cc3)cn2n1. The van der Waals surface area contributed by atoms with E-state index in [4.69, 9.17) is 5.73 Å². The number of rotatable bonds is 4. The van der Waals surface area contributed by atoms with Crippen LogP contribution in [0.3, 0.4) is 0 Å². The molecular formula is C20H17N5O. The Morgan fingerprint density at radius 3 is 2.46 bits per heavy atom. The Hall–Kier alpha value is -3.67. The highest BCUT2D eigenvalue weighted by Crippen LogP contribution is 2.22. The molecule has 0 saturated carbocycles.